The molecule has 24 heavy (non-hydrogen) atoms. The first-order valence-electron chi connectivity index (χ1n) is 7.32. The standard InChI is InChI=1S/C18H12N2O4/c1-19-14-9-5-2-6-11(14)10-15(19)18(23)24-20-16(21)12-7-3-4-8-13(12)17(20)22/h2-10H,1H3. The second-order valence-corrected chi connectivity index (χ2v) is 5.48. The average molecular weight is 320 g/mol. The largest absolute Gasteiger partial charge is 0.380 e. The van der Waals surface area contributed by atoms with Crippen molar-refractivity contribution in [2.24, 2.45) is 7.05 Å². The van der Waals surface area contributed by atoms with E-state index < -0.39 is 17.8 Å². The van der Waals surface area contributed by atoms with Gasteiger partial charge < -0.3 is 9.40 Å². The van der Waals surface area contributed by atoms with Crippen LogP contribution in [0.3, 0.4) is 0 Å². The van der Waals surface area contributed by atoms with Gasteiger partial charge in [0, 0.05) is 18.0 Å². The lowest BCUT2D eigenvalue weighted by atomic mass is 10.1. The molecule has 118 valence electrons. The summed E-state index contributed by atoms with van der Waals surface area (Å²) in [6, 6.07) is 15.5. The molecule has 0 spiro atoms. The summed E-state index contributed by atoms with van der Waals surface area (Å²) in [6.45, 7) is 0. The Morgan fingerprint density at radius 2 is 1.50 bits per heavy atom. The number of nitrogens with zero attached hydrogens (tertiary/aromatic N) is 2. The first kappa shape index (κ1) is 14.2. The zero-order chi connectivity index (χ0) is 16.8. The van der Waals surface area contributed by atoms with E-state index in [2.05, 4.69) is 0 Å². The molecule has 4 rings (SSSR count). The van der Waals surface area contributed by atoms with Crippen molar-refractivity contribution in [1.82, 2.24) is 9.63 Å². The van der Waals surface area contributed by atoms with Gasteiger partial charge in [-0.15, -0.1) is 0 Å². The number of carbonyl (C=O) groups is 3. The van der Waals surface area contributed by atoms with E-state index in [4.69, 9.17) is 4.84 Å². The molecule has 0 aliphatic carbocycles. The lowest BCUT2D eigenvalue weighted by molar-refractivity contribution is -0.0590. The molecule has 6 nitrogen and oxygen atoms in total. The molecular weight excluding hydrogens is 308 g/mol. The fourth-order valence-electron chi connectivity index (χ4n) is 2.86. The Morgan fingerprint density at radius 1 is 0.917 bits per heavy atom. The van der Waals surface area contributed by atoms with Crippen LogP contribution in [0.5, 0.6) is 0 Å². The third-order valence-electron chi connectivity index (χ3n) is 4.09. The van der Waals surface area contributed by atoms with E-state index in [1.807, 2.05) is 24.3 Å². The first-order valence-corrected chi connectivity index (χ1v) is 7.32. The summed E-state index contributed by atoms with van der Waals surface area (Å²) in [7, 11) is 1.72. The van der Waals surface area contributed by atoms with Crippen molar-refractivity contribution in [2.75, 3.05) is 0 Å². The molecule has 2 aromatic carbocycles. The molecule has 0 fully saturated rings. The molecule has 1 aromatic heterocycles. The molecule has 0 saturated heterocycles. The summed E-state index contributed by atoms with van der Waals surface area (Å²) in [5.41, 5.74) is 1.57. The molecule has 0 N–H and O–H groups in total. The number of benzene rings is 2. The Bertz CT molecular complexity index is 984. The summed E-state index contributed by atoms with van der Waals surface area (Å²) in [5.74, 6) is -2.03. The summed E-state index contributed by atoms with van der Waals surface area (Å²) in [6.07, 6.45) is 0. The zero-order valence-corrected chi connectivity index (χ0v) is 12.7. The summed E-state index contributed by atoms with van der Waals surface area (Å²) in [4.78, 5) is 42.0. The minimum atomic E-state index is -0.761. The lowest BCUT2D eigenvalue weighted by Gasteiger charge is -2.12. The maximum absolute atomic E-state index is 12.4. The zero-order valence-electron chi connectivity index (χ0n) is 12.7. The molecule has 1 aliphatic heterocycles. The topological polar surface area (TPSA) is 68.6 Å². The molecule has 0 radical (unpaired) electrons. The molecular formula is C18H12N2O4. The maximum Gasteiger partial charge on any atom is 0.380 e. The van der Waals surface area contributed by atoms with Gasteiger partial charge in [0.05, 0.1) is 11.1 Å². The third kappa shape index (κ3) is 1.93. The monoisotopic (exact) mass is 320 g/mol. The highest BCUT2D eigenvalue weighted by molar-refractivity contribution is 6.21. The van der Waals surface area contributed by atoms with Crippen LogP contribution in [0.25, 0.3) is 10.9 Å². The van der Waals surface area contributed by atoms with Crippen LogP contribution in [-0.2, 0) is 11.9 Å². The predicted molar refractivity (Wildman–Crippen MR) is 85.3 cm³/mol. The molecule has 0 saturated carbocycles. The molecule has 3 aromatic rings. The van der Waals surface area contributed by atoms with Gasteiger partial charge in [-0.2, -0.15) is 0 Å². The van der Waals surface area contributed by atoms with Crippen LogP contribution in [0, 0.1) is 0 Å². The number of hydrogen-bond donors (Lipinski definition) is 0. The van der Waals surface area contributed by atoms with Crippen molar-refractivity contribution in [3.63, 3.8) is 0 Å². The minimum absolute atomic E-state index is 0.229. The van der Waals surface area contributed by atoms with Crippen LogP contribution in [0.15, 0.2) is 54.6 Å². The molecule has 1 aliphatic rings. The Labute approximate surface area is 136 Å². The third-order valence-corrected chi connectivity index (χ3v) is 4.09. The van der Waals surface area contributed by atoms with Gasteiger partial charge in [0.1, 0.15) is 5.69 Å². The number of fused-ring (bicyclic) bond motifs is 2. The molecule has 0 unspecified atom stereocenters. The molecule has 0 atom stereocenters. The van der Waals surface area contributed by atoms with Crippen molar-refractivity contribution in [1.29, 1.82) is 0 Å². The van der Waals surface area contributed by atoms with E-state index in [9.17, 15) is 14.4 Å². The fourth-order valence-corrected chi connectivity index (χ4v) is 2.86. The lowest BCUT2D eigenvalue weighted by Crippen LogP contribution is -2.33. The number of aromatic nitrogens is 1. The highest BCUT2D eigenvalue weighted by Crippen LogP contribution is 2.24. The van der Waals surface area contributed by atoms with Crippen LogP contribution in [0.4, 0.5) is 0 Å². The Balaban J connectivity index is 1.66. The maximum atomic E-state index is 12.4. The van der Waals surface area contributed by atoms with E-state index in [0.29, 0.717) is 5.06 Å². The van der Waals surface area contributed by atoms with Gasteiger partial charge in [-0.25, -0.2) is 4.79 Å². The van der Waals surface area contributed by atoms with Crippen LogP contribution >= 0.6 is 0 Å². The van der Waals surface area contributed by atoms with Crippen LogP contribution in [0.2, 0.25) is 0 Å². The van der Waals surface area contributed by atoms with Gasteiger partial charge in [0.2, 0.25) is 0 Å². The molecule has 6 heteroatoms. The second kappa shape index (κ2) is 5.06. The van der Waals surface area contributed by atoms with Crippen molar-refractivity contribution in [3.8, 4) is 0 Å². The second-order valence-electron chi connectivity index (χ2n) is 5.48. The van der Waals surface area contributed by atoms with E-state index in [-0.39, 0.29) is 16.8 Å². The van der Waals surface area contributed by atoms with Gasteiger partial charge >= 0.3 is 5.97 Å². The summed E-state index contributed by atoms with van der Waals surface area (Å²) >= 11 is 0. The van der Waals surface area contributed by atoms with Gasteiger partial charge in [-0.1, -0.05) is 35.4 Å². The number of rotatable bonds is 2. The highest BCUT2D eigenvalue weighted by atomic mass is 16.7. The normalized spacial score (nSPS) is 13.5. The summed E-state index contributed by atoms with van der Waals surface area (Å²) < 4.78 is 1.66. The van der Waals surface area contributed by atoms with Crippen LogP contribution in [-0.4, -0.2) is 27.4 Å². The fraction of sp³-hybridized carbons (Fsp3) is 0.0556. The van der Waals surface area contributed by atoms with E-state index in [1.165, 1.54) is 12.1 Å². The number of imide groups is 1. The number of hydroxylamine groups is 2. The molecule has 2 amide bonds. The van der Waals surface area contributed by atoms with Gasteiger partial charge in [-0.3, -0.25) is 9.59 Å². The Morgan fingerprint density at radius 3 is 2.12 bits per heavy atom. The van der Waals surface area contributed by atoms with Crippen molar-refractivity contribution >= 4 is 28.7 Å². The summed E-state index contributed by atoms with van der Waals surface area (Å²) in [5, 5.41) is 1.39. The highest BCUT2D eigenvalue weighted by Gasteiger charge is 2.39. The quantitative estimate of drug-likeness (QED) is 0.681. The number of carbonyl (C=O) groups excluding carboxylic acids is 3. The SMILES string of the molecule is Cn1c(C(=O)ON2C(=O)c3ccccc3C2=O)cc2ccccc21. The van der Waals surface area contributed by atoms with Gasteiger partial charge in [0.25, 0.3) is 11.8 Å². The number of hydrogen-bond acceptors (Lipinski definition) is 4. The van der Waals surface area contributed by atoms with E-state index in [1.54, 1.807) is 29.8 Å². The number of para-hydroxylation sites is 1. The predicted octanol–water partition coefficient (Wildman–Crippen LogP) is 2.55. The van der Waals surface area contributed by atoms with Crippen molar-refractivity contribution in [3.05, 3.63) is 71.4 Å². The Hall–Kier alpha value is -3.41. The Kier molecular flexibility index (Phi) is 2.99. The number of aryl methyl sites for hydroxylation is 1. The van der Waals surface area contributed by atoms with Crippen molar-refractivity contribution in [2.45, 2.75) is 0 Å². The molecule has 2 heterocycles. The average Bonchev–Trinajstić information content (AvgIpc) is 3.06. The number of amides is 2. The molecule has 0 bridgehead atoms. The van der Waals surface area contributed by atoms with E-state index in [0.717, 1.165) is 10.9 Å². The van der Waals surface area contributed by atoms with Crippen LogP contribution in [0.1, 0.15) is 31.2 Å². The van der Waals surface area contributed by atoms with E-state index >= 15 is 0 Å². The first-order chi connectivity index (χ1) is 11.6. The van der Waals surface area contributed by atoms with Gasteiger partial charge in [0.15, 0.2) is 0 Å². The smallest absolute Gasteiger partial charge is 0.338 e. The minimum Gasteiger partial charge on any atom is -0.338 e. The van der Waals surface area contributed by atoms with Crippen LogP contribution < -0.4 is 0 Å². The van der Waals surface area contributed by atoms with Crippen molar-refractivity contribution < 1.29 is 19.2 Å². The van der Waals surface area contributed by atoms with Gasteiger partial charge in [-0.05, 0) is 24.3 Å².